The maximum atomic E-state index is 10.8. The second-order valence-corrected chi connectivity index (χ2v) is 6.01. The van der Waals surface area contributed by atoms with E-state index < -0.39 is 10.0 Å². The minimum Gasteiger partial charge on any atom is -0.497 e. The first-order valence-corrected chi connectivity index (χ1v) is 7.49. The Morgan fingerprint density at radius 1 is 1.33 bits per heavy atom. The summed E-state index contributed by atoms with van der Waals surface area (Å²) < 4.78 is 26.6. The fourth-order valence-corrected chi connectivity index (χ4v) is 2.04. The number of rotatable bonds is 7. The van der Waals surface area contributed by atoms with E-state index in [-0.39, 0.29) is 11.8 Å². The second-order valence-electron chi connectivity index (χ2n) is 4.27. The van der Waals surface area contributed by atoms with Gasteiger partial charge in [0, 0.05) is 12.6 Å². The molecule has 1 aromatic rings. The van der Waals surface area contributed by atoms with Crippen LogP contribution < -0.4 is 15.2 Å². The van der Waals surface area contributed by atoms with Crippen molar-refractivity contribution in [2.45, 2.75) is 19.4 Å². The summed E-state index contributed by atoms with van der Waals surface area (Å²) in [7, 11) is -1.75. The van der Waals surface area contributed by atoms with Crippen molar-refractivity contribution in [3.63, 3.8) is 0 Å². The number of hydrogen-bond donors (Lipinski definition) is 2. The summed E-state index contributed by atoms with van der Waals surface area (Å²) >= 11 is 0. The van der Waals surface area contributed by atoms with Gasteiger partial charge in [-0.1, -0.05) is 12.1 Å². The molecule has 0 saturated heterocycles. The molecule has 6 heteroatoms. The van der Waals surface area contributed by atoms with E-state index in [1.165, 1.54) is 5.56 Å². The van der Waals surface area contributed by atoms with Crippen molar-refractivity contribution in [2.75, 3.05) is 19.4 Å². The zero-order valence-corrected chi connectivity index (χ0v) is 11.5. The number of nitrogens with one attached hydrogen (secondary N) is 1. The van der Waals surface area contributed by atoms with Crippen molar-refractivity contribution < 1.29 is 13.2 Å². The highest BCUT2D eigenvalue weighted by Crippen LogP contribution is 2.12. The molecular weight excluding hydrogens is 252 g/mol. The lowest BCUT2D eigenvalue weighted by molar-refractivity contribution is 0.414. The first kappa shape index (κ1) is 14.9. The number of methoxy groups -OCH3 is 1. The molecule has 0 aliphatic carbocycles. The van der Waals surface area contributed by atoms with Crippen LogP contribution in [0.3, 0.4) is 0 Å². The molecule has 1 aromatic carbocycles. The summed E-state index contributed by atoms with van der Waals surface area (Å²) in [6.07, 6.45) is 0.828. The number of nitrogens with two attached hydrogens (primary N) is 1. The first-order valence-electron chi connectivity index (χ1n) is 5.77. The van der Waals surface area contributed by atoms with E-state index in [4.69, 9.17) is 9.88 Å². The van der Waals surface area contributed by atoms with Gasteiger partial charge >= 0.3 is 0 Å². The zero-order valence-electron chi connectivity index (χ0n) is 10.7. The molecule has 0 aromatic heterocycles. The minimum absolute atomic E-state index is 0.0417. The largest absolute Gasteiger partial charge is 0.497 e. The van der Waals surface area contributed by atoms with Gasteiger partial charge < -0.3 is 10.1 Å². The van der Waals surface area contributed by atoms with Crippen LogP contribution in [0.25, 0.3) is 0 Å². The Kier molecular flexibility index (Phi) is 5.58. The summed E-state index contributed by atoms with van der Waals surface area (Å²) in [6.45, 7) is 2.38. The van der Waals surface area contributed by atoms with Gasteiger partial charge in [0.15, 0.2) is 0 Å². The number of ether oxygens (including phenoxy) is 1. The third-order valence-electron chi connectivity index (χ3n) is 2.58. The van der Waals surface area contributed by atoms with Gasteiger partial charge in [0.25, 0.3) is 0 Å². The normalized spacial score (nSPS) is 13.3. The van der Waals surface area contributed by atoms with Gasteiger partial charge in [0.1, 0.15) is 5.75 Å². The average molecular weight is 272 g/mol. The van der Waals surface area contributed by atoms with E-state index in [1.54, 1.807) is 7.11 Å². The van der Waals surface area contributed by atoms with Crippen LogP contribution in [0.15, 0.2) is 24.3 Å². The Hall–Kier alpha value is -1.11. The van der Waals surface area contributed by atoms with Gasteiger partial charge in [0.2, 0.25) is 10.0 Å². The lowest BCUT2D eigenvalue weighted by Crippen LogP contribution is -2.34. The lowest BCUT2D eigenvalue weighted by Gasteiger charge is -2.13. The molecule has 0 spiro atoms. The highest BCUT2D eigenvalue weighted by atomic mass is 32.2. The summed E-state index contributed by atoms with van der Waals surface area (Å²) in [5.74, 6) is 0.786. The van der Waals surface area contributed by atoms with Crippen molar-refractivity contribution >= 4 is 10.0 Å². The molecule has 0 radical (unpaired) electrons. The third kappa shape index (κ3) is 6.00. The number of sulfonamides is 1. The smallest absolute Gasteiger partial charge is 0.210 e. The van der Waals surface area contributed by atoms with Crippen LogP contribution in [0.1, 0.15) is 12.5 Å². The van der Waals surface area contributed by atoms with Crippen LogP contribution >= 0.6 is 0 Å². The fraction of sp³-hybridized carbons (Fsp3) is 0.500. The zero-order chi connectivity index (χ0) is 13.6. The minimum atomic E-state index is -3.38. The van der Waals surface area contributed by atoms with Gasteiger partial charge in [0.05, 0.1) is 12.9 Å². The predicted molar refractivity (Wildman–Crippen MR) is 72.1 cm³/mol. The van der Waals surface area contributed by atoms with Gasteiger partial charge in [-0.25, -0.2) is 13.6 Å². The molecule has 0 aliphatic rings. The summed E-state index contributed by atoms with van der Waals surface area (Å²) in [6, 6.07) is 8.01. The molecule has 0 amide bonds. The van der Waals surface area contributed by atoms with E-state index in [1.807, 2.05) is 31.2 Å². The van der Waals surface area contributed by atoms with Crippen LogP contribution in [0.5, 0.6) is 5.75 Å². The molecule has 0 saturated carbocycles. The summed E-state index contributed by atoms with van der Waals surface area (Å²) in [5, 5.41) is 8.05. The third-order valence-corrected chi connectivity index (χ3v) is 3.35. The van der Waals surface area contributed by atoms with Crippen molar-refractivity contribution in [1.82, 2.24) is 5.32 Å². The molecule has 1 atom stereocenters. The van der Waals surface area contributed by atoms with Crippen molar-refractivity contribution in [3.8, 4) is 5.75 Å². The van der Waals surface area contributed by atoms with E-state index in [2.05, 4.69) is 5.32 Å². The van der Waals surface area contributed by atoms with E-state index in [0.717, 1.165) is 12.2 Å². The maximum Gasteiger partial charge on any atom is 0.210 e. The van der Waals surface area contributed by atoms with Crippen LogP contribution in [-0.2, 0) is 16.4 Å². The van der Waals surface area contributed by atoms with Gasteiger partial charge in [-0.05, 0) is 31.0 Å². The Morgan fingerprint density at radius 2 is 1.94 bits per heavy atom. The van der Waals surface area contributed by atoms with Gasteiger partial charge in [-0.15, -0.1) is 0 Å². The number of primary sulfonamides is 1. The van der Waals surface area contributed by atoms with Crippen LogP contribution in [0, 0.1) is 0 Å². The molecule has 3 N–H and O–H groups in total. The molecule has 0 heterocycles. The molecule has 0 aliphatic heterocycles. The SMILES string of the molecule is COc1ccc(CC(C)NCCS(N)(=O)=O)cc1. The van der Waals surface area contributed by atoms with E-state index in [9.17, 15) is 8.42 Å². The molecule has 0 bridgehead atoms. The number of hydrogen-bond acceptors (Lipinski definition) is 4. The molecular formula is C12H20N2O3S. The Bertz CT molecular complexity index is 457. The number of benzene rings is 1. The van der Waals surface area contributed by atoms with Crippen molar-refractivity contribution in [3.05, 3.63) is 29.8 Å². The van der Waals surface area contributed by atoms with Gasteiger partial charge in [-0.2, -0.15) is 0 Å². The maximum absolute atomic E-state index is 10.8. The van der Waals surface area contributed by atoms with Crippen LogP contribution in [0.2, 0.25) is 0 Å². The first-order chi connectivity index (χ1) is 8.40. The topological polar surface area (TPSA) is 81.4 Å². The fourth-order valence-electron chi connectivity index (χ4n) is 1.63. The molecule has 0 fully saturated rings. The van der Waals surface area contributed by atoms with Crippen LogP contribution in [-0.4, -0.2) is 33.9 Å². The standard InChI is InChI=1S/C12H20N2O3S/c1-10(14-7-8-18(13,15)16)9-11-3-5-12(17-2)6-4-11/h3-6,10,14H,7-9H2,1-2H3,(H2,13,15,16). The molecule has 1 rings (SSSR count). The highest BCUT2D eigenvalue weighted by Gasteiger charge is 2.06. The Labute approximate surface area is 108 Å². The van der Waals surface area contributed by atoms with Gasteiger partial charge in [-0.3, -0.25) is 0 Å². The van der Waals surface area contributed by atoms with E-state index >= 15 is 0 Å². The van der Waals surface area contributed by atoms with Crippen LogP contribution in [0.4, 0.5) is 0 Å². The highest BCUT2D eigenvalue weighted by molar-refractivity contribution is 7.89. The molecule has 18 heavy (non-hydrogen) atoms. The lowest BCUT2D eigenvalue weighted by atomic mass is 10.1. The Balaban J connectivity index is 2.37. The molecule has 1 unspecified atom stereocenters. The van der Waals surface area contributed by atoms with E-state index in [0.29, 0.717) is 6.54 Å². The molecule has 102 valence electrons. The average Bonchev–Trinajstić information content (AvgIpc) is 2.28. The molecule has 5 nitrogen and oxygen atoms in total. The van der Waals surface area contributed by atoms with Crippen molar-refractivity contribution in [1.29, 1.82) is 0 Å². The monoisotopic (exact) mass is 272 g/mol. The van der Waals surface area contributed by atoms with Crippen molar-refractivity contribution in [2.24, 2.45) is 5.14 Å². The quantitative estimate of drug-likeness (QED) is 0.757. The summed E-state index contributed by atoms with van der Waals surface area (Å²) in [5.41, 5.74) is 1.17. The summed E-state index contributed by atoms with van der Waals surface area (Å²) in [4.78, 5) is 0. The predicted octanol–water partition coefficient (Wildman–Crippen LogP) is 0.504. The second kappa shape index (κ2) is 6.72. The Morgan fingerprint density at radius 3 is 2.44 bits per heavy atom.